The lowest BCUT2D eigenvalue weighted by Crippen LogP contribution is -2.36. The van der Waals surface area contributed by atoms with Crippen LogP contribution in [-0.4, -0.2) is 49.0 Å². The van der Waals surface area contributed by atoms with Crippen LogP contribution in [0.5, 0.6) is 5.75 Å². The molecule has 0 aliphatic heterocycles. The molecule has 0 unspecified atom stereocenters. The number of nitrogens with one attached hydrogen (secondary N) is 1. The zero-order chi connectivity index (χ0) is 29.9. The monoisotopic (exact) mass is 576 g/mol. The summed E-state index contributed by atoms with van der Waals surface area (Å²) in [6.45, 7) is 2.42. The van der Waals surface area contributed by atoms with Crippen LogP contribution in [0.25, 0.3) is 0 Å². The van der Waals surface area contributed by atoms with Gasteiger partial charge in [0.25, 0.3) is 0 Å². The van der Waals surface area contributed by atoms with Gasteiger partial charge in [0.15, 0.2) is 5.78 Å². The maximum absolute atomic E-state index is 13.2. The number of hydrogen-bond donors (Lipinski definition) is 1. The summed E-state index contributed by atoms with van der Waals surface area (Å²) in [5.74, 6) is 0.299. The Hall–Kier alpha value is -4.42. The lowest BCUT2D eigenvalue weighted by atomic mass is 10.00. The molecule has 6 heteroatoms. The SMILES string of the molecule is COC(=O)[C@H](Cc1ccc(OCCN(Cc2ccccc2)C2CCCC2)cc1)Nc1ccccc1C(=O)c1ccccc1. The summed E-state index contributed by atoms with van der Waals surface area (Å²) >= 11 is 0. The highest BCUT2D eigenvalue weighted by Crippen LogP contribution is 2.25. The molecule has 4 aromatic carbocycles. The van der Waals surface area contributed by atoms with Crippen molar-refractivity contribution in [3.8, 4) is 5.75 Å². The van der Waals surface area contributed by atoms with Crippen molar-refractivity contribution in [1.29, 1.82) is 0 Å². The smallest absolute Gasteiger partial charge is 0.328 e. The zero-order valence-corrected chi connectivity index (χ0v) is 24.8. The molecular formula is C37H40N2O4. The molecule has 1 fully saturated rings. The van der Waals surface area contributed by atoms with E-state index in [1.54, 1.807) is 18.2 Å². The number of carbonyl (C=O) groups is 2. The van der Waals surface area contributed by atoms with Gasteiger partial charge in [0.1, 0.15) is 18.4 Å². The van der Waals surface area contributed by atoms with Crippen LogP contribution >= 0.6 is 0 Å². The number of ketones is 1. The van der Waals surface area contributed by atoms with E-state index in [0.29, 0.717) is 35.9 Å². The lowest BCUT2D eigenvalue weighted by Gasteiger charge is -2.29. The Labute approximate surface area is 254 Å². The third-order valence-corrected chi connectivity index (χ3v) is 8.10. The molecule has 1 N–H and O–H groups in total. The highest BCUT2D eigenvalue weighted by molar-refractivity contribution is 6.12. The first-order valence-electron chi connectivity index (χ1n) is 15.1. The number of benzene rings is 4. The Morgan fingerprint density at radius 1 is 0.814 bits per heavy atom. The van der Waals surface area contributed by atoms with Crippen LogP contribution in [0.3, 0.4) is 0 Å². The van der Waals surface area contributed by atoms with Crippen LogP contribution in [0.15, 0.2) is 109 Å². The predicted octanol–water partition coefficient (Wildman–Crippen LogP) is 6.94. The highest BCUT2D eigenvalue weighted by Gasteiger charge is 2.24. The lowest BCUT2D eigenvalue weighted by molar-refractivity contribution is -0.141. The van der Waals surface area contributed by atoms with Gasteiger partial charge in [-0.05, 0) is 48.2 Å². The average Bonchev–Trinajstić information content (AvgIpc) is 3.60. The van der Waals surface area contributed by atoms with Crippen LogP contribution in [0, 0.1) is 0 Å². The standard InChI is InChI=1S/C37H40N2O4/c1-42-37(41)35(38-34-19-11-10-18-33(34)36(40)30-14-6-3-7-15-30)26-28-20-22-32(23-21-28)43-25-24-39(31-16-8-9-17-31)27-29-12-4-2-5-13-29/h2-7,10-15,18-23,31,35,38H,8-9,16-17,24-27H2,1H3/t35-/m0/s1. The summed E-state index contributed by atoms with van der Waals surface area (Å²) in [4.78, 5) is 28.5. The molecule has 1 aliphatic rings. The van der Waals surface area contributed by atoms with E-state index in [-0.39, 0.29) is 5.78 Å². The van der Waals surface area contributed by atoms with Crippen molar-refractivity contribution < 1.29 is 19.1 Å². The van der Waals surface area contributed by atoms with Gasteiger partial charge < -0.3 is 14.8 Å². The summed E-state index contributed by atoms with van der Waals surface area (Å²) < 4.78 is 11.3. The number of nitrogens with zero attached hydrogens (tertiary/aromatic N) is 1. The van der Waals surface area contributed by atoms with Gasteiger partial charge in [-0.3, -0.25) is 9.69 Å². The minimum absolute atomic E-state index is 0.107. The largest absolute Gasteiger partial charge is 0.492 e. The van der Waals surface area contributed by atoms with Crippen molar-refractivity contribution >= 4 is 17.4 Å². The Balaban J connectivity index is 1.20. The summed E-state index contributed by atoms with van der Waals surface area (Å²) in [6.07, 6.45) is 5.50. The van der Waals surface area contributed by atoms with Crippen molar-refractivity contribution in [3.05, 3.63) is 131 Å². The molecule has 0 aromatic heterocycles. The van der Waals surface area contributed by atoms with E-state index < -0.39 is 12.0 Å². The second-order valence-electron chi connectivity index (χ2n) is 11.1. The third kappa shape index (κ3) is 8.33. The molecule has 0 saturated heterocycles. The quantitative estimate of drug-likeness (QED) is 0.130. The van der Waals surface area contributed by atoms with Crippen LogP contribution in [0.4, 0.5) is 5.69 Å². The minimum atomic E-state index is -0.667. The number of carbonyl (C=O) groups excluding carboxylic acids is 2. The molecule has 6 nitrogen and oxygen atoms in total. The predicted molar refractivity (Wildman–Crippen MR) is 170 cm³/mol. The van der Waals surface area contributed by atoms with E-state index in [0.717, 1.165) is 24.4 Å². The number of methoxy groups -OCH3 is 1. The fourth-order valence-corrected chi connectivity index (χ4v) is 5.79. The van der Waals surface area contributed by atoms with Crippen LogP contribution in [0.1, 0.15) is 52.7 Å². The summed E-state index contributed by atoms with van der Waals surface area (Å²) in [6, 6.07) is 34.8. The third-order valence-electron chi connectivity index (χ3n) is 8.10. The summed E-state index contributed by atoms with van der Waals surface area (Å²) in [5, 5.41) is 3.27. The fourth-order valence-electron chi connectivity index (χ4n) is 5.79. The first-order valence-corrected chi connectivity index (χ1v) is 15.1. The first kappa shape index (κ1) is 30.1. The Kier molecular flexibility index (Phi) is 10.6. The molecule has 1 saturated carbocycles. The minimum Gasteiger partial charge on any atom is -0.492 e. The van der Waals surface area contributed by atoms with Crippen LogP contribution in [0.2, 0.25) is 0 Å². The normalized spacial score (nSPS) is 13.9. The van der Waals surface area contributed by atoms with Crippen molar-refractivity contribution in [3.63, 3.8) is 0 Å². The molecule has 0 radical (unpaired) electrons. The van der Waals surface area contributed by atoms with E-state index in [1.807, 2.05) is 60.7 Å². The van der Waals surface area contributed by atoms with Crippen molar-refractivity contribution in [1.82, 2.24) is 4.90 Å². The van der Waals surface area contributed by atoms with Gasteiger partial charge in [0.05, 0.1) is 7.11 Å². The van der Waals surface area contributed by atoms with E-state index in [9.17, 15) is 9.59 Å². The molecule has 0 amide bonds. The first-order chi connectivity index (χ1) is 21.1. The van der Waals surface area contributed by atoms with Crippen molar-refractivity contribution in [2.75, 3.05) is 25.6 Å². The second kappa shape index (κ2) is 15.2. The average molecular weight is 577 g/mol. The molecule has 222 valence electrons. The van der Waals surface area contributed by atoms with Crippen LogP contribution < -0.4 is 10.1 Å². The molecule has 5 rings (SSSR count). The fraction of sp³-hybridized carbons (Fsp3) is 0.297. The van der Waals surface area contributed by atoms with Gasteiger partial charge in [-0.25, -0.2) is 4.79 Å². The molecule has 0 bridgehead atoms. The molecular weight excluding hydrogens is 536 g/mol. The van der Waals surface area contributed by atoms with Gasteiger partial charge >= 0.3 is 5.97 Å². The van der Waals surface area contributed by atoms with E-state index in [2.05, 4.69) is 40.5 Å². The number of ether oxygens (including phenoxy) is 2. The van der Waals surface area contributed by atoms with Crippen molar-refractivity contribution in [2.24, 2.45) is 0 Å². The maximum Gasteiger partial charge on any atom is 0.328 e. The van der Waals surface area contributed by atoms with Gasteiger partial charge in [0, 0.05) is 42.4 Å². The molecule has 0 heterocycles. The maximum atomic E-state index is 13.2. The Morgan fingerprint density at radius 3 is 2.16 bits per heavy atom. The van der Waals surface area contributed by atoms with E-state index in [1.165, 1.54) is 38.4 Å². The van der Waals surface area contributed by atoms with Gasteiger partial charge in [-0.2, -0.15) is 0 Å². The number of para-hydroxylation sites is 1. The second-order valence-corrected chi connectivity index (χ2v) is 11.1. The molecule has 4 aromatic rings. The number of hydrogen-bond acceptors (Lipinski definition) is 6. The number of anilines is 1. The number of esters is 1. The number of rotatable bonds is 14. The van der Waals surface area contributed by atoms with Crippen molar-refractivity contribution in [2.45, 2.75) is 50.7 Å². The van der Waals surface area contributed by atoms with Crippen LogP contribution in [-0.2, 0) is 22.5 Å². The van der Waals surface area contributed by atoms with Gasteiger partial charge in [0.2, 0.25) is 0 Å². The van der Waals surface area contributed by atoms with E-state index >= 15 is 0 Å². The molecule has 43 heavy (non-hydrogen) atoms. The molecule has 1 aliphatic carbocycles. The summed E-state index contributed by atoms with van der Waals surface area (Å²) in [5.41, 5.74) is 3.98. The summed E-state index contributed by atoms with van der Waals surface area (Å²) in [7, 11) is 1.38. The molecule has 1 atom stereocenters. The van der Waals surface area contributed by atoms with Gasteiger partial charge in [-0.15, -0.1) is 0 Å². The molecule has 0 spiro atoms. The zero-order valence-electron chi connectivity index (χ0n) is 24.8. The highest BCUT2D eigenvalue weighted by atomic mass is 16.5. The Morgan fingerprint density at radius 2 is 1.47 bits per heavy atom. The van der Waals surface area contributed by atoms with Gasteiger partial charge in [-0.1, -0.05) is 97.8 Å². The topological polar surface area (TPSA) is 67.9 Å². The van der Waals surface area contributed by atoms with E-state index in [4.69, 9.17) is 9.47 Å². The Bertz CT molecular complexity index is 1450.